The number of carbonyl (C=O) groups excluding carboxylic acids is 1. The summed E-state index contributed by atoms with van der Waals surface area (Å²) < 4.78 is 4.74. The second-order valence-corrected chi connectivity index (χ2v) is 4.67. The van der Waals surface area contributed by atoms with Crippen molar-refractivity contribution in [3.8, 4) is 5.75 Å². The number of rotatable bonds is 5. The molecule has 0 saturated carbocycles. The Bertz CT molecular complexity index is 568. The summed E-state index contributed by atoms with van der Waals surface area (Å²) >= 11 is 1.13. The summed E-state index contributed by atoms with van der Waals surface area (Å²) in [5, 5.41) is 21.1. The smallest absolute Gasteiger partial charge is 0.330 e. The van der Waals surface area contributed by atoms with Gasteiger partial charge >= 0.3 is 5.97 Å². The number of phenolic OH excluding ortho intramolecular Hbond substituents is 1. The molecule has 0 heterocycles. The van der Waals surface area contributed by atoms with Gasteiger partial charge in [-0.15, -0.1) is 11.8 Å². The molecule has 0 aliphatic carbocycles. The molecule has 1 rings (SSSR count). The number of nitrogens with zero attached hydrogens (tertiary/aromatic N) is 1. The number of benzene rings is 1. The van der Waals surface area contributed by atoms with Crippen LogP contribution in [0.15, 0.2) is 17.0 Å². The van der Waals surface area contributed by atoms with E-state index in [0.29, 0.717) is 10.5 Å². The maximum atomic E-state index is 11.3. The Morgan fingerprint density at radius 3 is 2.75 bits per heavy atom. The minimum absolute atomic E-state index is 0.0829. The number of hydrogen-bond acceptors (Lipinski definition) is 6. The number of aromatic hydroxyl groups is 1. The number of nitro groups is 1. The van der Waals surface area contributed by atoms with E-state index in [4.69, 9.17) is 4.74 Å². The van der Waals surface area contributed by atoms with Gasteiger partial charge in [-0.25, -0.2) is 4.79 Å². The summed E-state index contributed by atoms with van der Waals surface area (Å²) in [5.41, 5.74) is 0.520. The number of carbonyl (C=O) groups is 1. The van der Waals surface area contributed by atoms with Crippen molar-refractivity contribution in [3.63, 3.8) is 0 Å². The van der Waals surface area contributed by atoms with E-state index in [-0.39, 0.29) is 23.6 Å². The lowest BCUT2D eigenvalue weighted by molar-refractivity contribution is -0.387. The molecule has 0 fully saturated rings. The van der Waals surface area contributed by atoms with E-state index in [1.165, 1.54) is 12.1 Å². The molecular formula is C13H15NO5S. The number of esters is 1. The van der Waals surface area contributed by atoms with E-state index in [0.717, 1.165) is 17.8 Å². The standard InChI is InChI=1S/C13H15NO5S/c1-4-19-11(15)6-5-9-12(16)8(2)7-10(14(17)18)13(9)20-3/h5-7,16H,4H2,1-3H3/b6-5+. The first-order valence-corrected chi connectivity index (χ1v) is 7.04. The normalized spacial score (nSPS) is 10.8. The molecule has 1 aromatic rings. The molecular weight excluding hydrogens is 282 g/mol. The third-order valence-electron chi connectivity index (χ3n) is 2.53. The van der Waals surface area contributed by atoms with Gasteiger partial charge in [-0.2, -0.15) is 0 Å². The quantitative estimate of drug-likeness (QED) is 0.295. The third kappa shape index (κ3) is 3.51. The zero-order valence-corrected chi connectivity index (χ0v) is 12.2. The number of ether oxygens (including phenoxy) is 1. The van der Waals surface area contributed by atoms with Crippen LogP contribution in [0.5, 0.6) is 5.75 Å². The predicted octanol–water partition coefficient (Wildman–Crippen LogP) is 2.91. The summed E-state index contributed by atoms with van der Waals surface area (Å²) in [7, 11) is 0. The zero-order chi connectivity index (χ0) is 15.3. The molecule has 0 saturated heterocycles. The second-order valence-electron chi connectivity index (χ2n) is 3.85. The number of thioether (sulfide) groups is 1. The van der Waals surface area contributed by atoms with Crippen LogP contribution in [-0.2, 0) is 9.53 Å². The summed E-state index contributed by atoms with van der Waals surface area (Å²) in [6.07, 6.45) is 4.14. The Labute approximate surface area is 120 Å². The second kappa shape index (κ2) is 6.95. The molecule has 0 radical (unpaired) electrons. The Morgan fingerprint density at radius 1 is 1.60 bits per heavy atom. The van der Waals surface area contributed by atoms with E-state index in [1.54, 1.807) is 20.1 Å². The van der Waals surface area contributed by atoms with Gasteiger partial charge in [0.15, 0.2) is 0 Å². The van der Waals surface area contributed by atoms with Gasteiger partial charge in [0.1, 0.15) is 5.75 Å². The van der Waals surface area contributed by atoms with Gasteiger partial charge in [0, 0.05) is 17.7 Å². The van der Waals surface area contributed by atoms with Crippen molar-refractivity contribution in [1.29, 1.82) is 0 Å². The van der Waals surface area contributed by atoms with Crippen LogP contribution < -0.4 is 0 Å². The summed E-state index contributed by atoms with van der Waals surface area (Å²) in [4.78, 5) is 22.1. The van der Waals surface area contributed by atoms with Crippen LogP contribution in [0.4, 0.5) is 5.69 Å². The van der Waals surface area contributed by atoms with Crippen LogP contribution >= 0.6 is 11.8 Å². The largest absolute Gasteiger partial charge is 0.507 e. The van der Waals surface area contributed by atoms with Gasteiger partial charge in [-0.3, -0.25) is 10.1 Å². The molecule has 0 unspecified atom stereocenters. The maximum absolute atomic E-state index is 11.3. The highest BCUT2D eigenvalue weighted by atomic mass is 32.2. The SMILES string of the molecule is CCOC(=O)/C=C/c1c(O)c(C)cc([N+](=O)[O-])c1SC. The molecule has 108 valence electrons. The molecule has 0 aliphatic rings. The number of phenols is 1. The summed E-state index contributed by atoms with van der Waals surface area (Å²) in [6.45, 7) is 3.47. The van der Waals surface area contributed by atoms with Crippen molar-refractivity contribution < 1.29 is 19.6 Å². The first kappa shape index (κ1) is 16.0. The Kier molecular flexibility index (Phi) is 5.57. The van der Waals surface area contributed by atoms with Gasteiger partial charge in [0.05, 0.1) is 16.4 Å². The molecule has 6 nitrogen and oxygen atoms in total. The highest BCUT2D eigenvalue weighted by molar-refractivity contribution is 7.98. The van der Waals surface area contributed by atoms with Crippen LogP contribution in [0.25, 0.3) is 6.08 Å². The highest BCUT2D eigenvalue weighted by Crippen LogP contribution is 2.39. The molecule has 20 heavy (non-hydrogen) atoms. The first-order valence-electron chi connectivity index (χ1n) is 5.82. The minimum atomic E-state index is -0.567. The van der Waals surface area contributed by atoms with Crippen molar-refractivity contribution >= 4 is 29.5 Å². The zero-order valence-electron chi connectivity index (χ0n) is 11.4. The van der Waals surface area contributed by atoms with Crippen molar-refractivity contribution in [3.05, 3.63) is 33.4 Å². The average Bonchev–Trinajstić information content (AvgIpc) is 2.39. The van der Waals surface area contributed by atoms with Crippen LogP contribution in [0.1, 0.15) is 18.1 Å². The van der Waals surface area contributed by atoms with E-state index in [2.05, 4.69) is 0 Å². The molecule has 0 aromatic heterocycles. The Hall–Kier alpha value is -2.02. The lowest BCUT2D eigenvalue weighted by Crippen LogP contribution is -1.99. The number of nitro benzene ring substituents is 1. The molecule has 0 atom stereocenters. The van der Waals surface area contributed by atoms with E-state index in [1.807, 2.05) is 0 Å². The number of hydrogen-bond donors (Lipinski definition) is 1. The molecule has 1 aromatic carbocycles. The van der Waals surface area contributed by atoms with Gasteiger partial charge in [-0.1, -0.05) is 0 Å². The molecule has 7 heteroatoms. The van der Waals surface area contributed by atoms with Crippen molar-refractivity contribution in [2.75, 3.05) is 12.9 Å². The maximum Gasteiger partial charge on any atom is 0.330 e. The summed E-state index contributed by atoms with van der Waals surface area (Å²) in [5.74, 6) is -0.649. The Morgan fingerprint density at radius 2 is 2.25 bits per heavy atom. The fourth-order valence-electron chi connectivity index (χ4n) is 1.64. The lowest BCUT2D eigenvalue weighted by atomic mass is 10.1. The van der Waals surface area contributed by atoms with E-state index in [9.17, 15) is 20.0 Å². The van der Waals surface area contributed by atoms with Crippen LogP contribution in [-0.4, -0.2) is 28.9 Å². The minimum Gasteiger partial charge on any atom is -0.507 e. The van der Waals surface area contributed by atoms with Crippen LogP contribution in [0, 0.1) is 17.0 Å². The average molecular weight is 297 g/mol. The number of aryl methyl sites for hydroxylation is 1. The summed E-state index contributed by atoms with van der Waals surface area (Å²) in [6, 6.07) is 1.31. The van der Waals surface area contributed by atoms with Crippen LogP contribution in [0.3, 0.4) is 0 Å². The molecule has 1 N–H and O–H groups in total. The van der Waals surface area contributed by atoms with Gasteiger partial charge in [-0.05, 0) is 31.7 Å². The molecule has 0 spiro atoms. The predicted molar refractivity (Wildman–Crippen MR) is 76.9 cm³/mol. The van der Waals surface area contributed by atoms with Crippen LogP contribution in [0.2, 0.25) is 0 Å². The molecule has 0 amide bonds. The van der Waals surface area contributed by atoms with Gasteiger partial charge < -0.3 is 9.84 Å². The van der Waals surface area contributed by atoms with Gasteiger partial charge in [0.25, 0.3) is 5.69 Å². The fourth-order valence-corrected chi connectivity index (χ4v) is 2.37. The van der Waals surface area contributed by atoms with E-state index < -0.39 is 10.9 Å². The topological polar surface area (TPSA) is 89.7 Å². The first-order chi connectivity index (χ1) is 9.42. The fraction of sp³-hybridized carbons (Fsp3) is 0.308. The van der Waals surface area contributed by atoms with Crippen molar-refractivity contribution in [2.45, 2.75) is 18.7 Å². The Balaban J connectivity index is 3.36. The monoisotopic (exact) mass is 297 g/mol. The van der Waals surface area contributed by atoms with Gasteiger partial charge in [0.2, 0.25) is 0 Å². The molecule has 0 bridgehead atoms. The lowest BCUT2D eigenvalue weighted by Gasteiger charge is -2.09. The van der Waals surface area contributed by atoms with E-state index >= 15 is 0 Å². The highest BCUT2D eigenvalue weighted by Gasteiger charge is 2.21. The third-order valence-corrected chi connectivity index (χ3v) is 3.37. The molecule has 0 aliphatic heterocycles. The van der Waals surface area contributed by atoms with Crippen molar-refractivity contribution in [1.82, 2.24) is 0 Å². The van der Waals surface area contributed by atoms with Crippen molar-refractivity contribution in [2.24, 2.45) is 0 Å².